The van der Waals surface area contributed by atoms with E-state index in [0.29, 0.717) is 12.1 Å². The van der Waals surface area contributed by atoms with Crippen LogP contribution in [0.4, 0.5) is 24.5 Å². The van der Waals surface area contributed by atoms with Crippen LogP contribution in [-0.4, -0.2) is 15.4 Å². The second-order valence-electron chi connectivity index (χ2n) is 8.23. The zero-order valence-electron chi connectivity index (χ0n) is 19.4. The zero-order valence-corrected chi connectivity index (χ0v) is 19.4. The minimum Gasteiger partial charge on any atom is -0.340 e. The molecule has 7 nitrogen and oxygen atoms in total. The monoisotopic (exact) mass is 504 g/mol. The molecule has 1 heterocycles. The minimum absolute atomic E-state index is 0.0214. The van der Waals surface area contributed by atoms with E-state index < -0.39 is 22.6 Å². The Bertz CT molecular complexity index is 1580. The van der Waals surface area contributed by atoms with Gasteiger partial charge in [-0.15, -0.1) is 0 Å². The number of fused-ring (bicyclic) bond motifs is 1. The molecule has 37 heavy (non-hydrogen) atoms. The Labute approximate surface area is 209 Å². The lowest BCUT2D eigenvalue weighted by Gasteiger charge is -2.10. The summed E-state index contributed by atoms with van der Waals surface area (Å²) in [7, 11) is 0. The van der Waals surface area contributed by atoms with Crippen LogP contribution in [-0.2, 0) is 17.5 Å². The fourth-order valence-corrected chi connectivity index (χ4v) is 4.01. The number of alkyl halides is 3. The molecule has 0 fully saturated rings. The minimum atomic E-state index is -4.57. The normalized spacial score (nSPS) is 11.8. The summed E-state index contributed by atoms with van der Waals surface area (Å²) in [6, 6.07) is 19.5. The van der Waals surface area contributed by atoms with Gasteiger partial charge in [0, 0.05) is 46.5 Å². The van der Waals surface area contributed by atoms with Gasteiger partial charge < -0.3 is 9.88 Å². The Balaban J connectivity index is 1.69. The SMILES string of the molecule is Cc1c(/C=C(/C#N)C(=O)Nc2cccc(C(F)(F)F)c2)c2ccccc2n1Cc1ccc([N+](=O)[O-])cc1. The van der Waals surface area contributed by atoms with Crippen LogP contribution in [0.3, 0.4) is 0 Å². The van der Waals surface area contributed by atoms with E-state index >= 15 is 0 Å². The number of non-ortho nitro benzene ring substituents is 1. The summed E-state index contributed by atoms with van der Waals surface area (Å²) in [5.74, 6) is -0.839. The number of nitriles is 1. The number of hydrogen-bond donors (Lipinski definition) is 1. The number of aromatic nitrogens is 1. The molecule has 3 aromatic carbocycles. The first-order valence-electron chi connectivity index (χ1n) is 11.0. The van der Waals surface area contributed by atoms with E-state index in [1.807, 2.05) is 41.8 Å². The maximum absolute atomic E-state index is 13.0. The van der Waals surface area contributed by atoms with Crippen LogP contribution in [0.5, 0.6) is 0 Å². The van der Waals surface area contributed by atoms with E-state index in [1.165, 1.54) is 30.3 Å². The van der Waals surface area contributed by atoms with Gasteiger partial charge >= 0.3 is 6.18 Å². The molecule has 4 rings (SSSR count). The third-order valence-corrected chi connectivity index (χ3v) is 5.87. The Hall–Kier alpha value is -4.91. The molecule has 1 N–H and O–H groups in total. The number of nitrogens with zero attached hydrogens (tertiary/aromatic N) is 3. The second kappa shape index (κ2) is 9.99. The summed E-state index contributed by atoms with van der Waals surface area (Å²) >= 11 is 0. The molecule has 1 amide bonds. The summed E-state index contributed by atoms with van der Waals surface area (Å²) in [4.78, 5) is 23.3. The van der Waals surface area contributed by atoms with Crippen LogP contribution >= 0.6 is 0 Å². The van der Waals surface area contributed by atoms with Crippen LogP contribution in [0, 0.1) is 28.4 Å². The lowest BCUT2D eigenvalue weighted by molar-refractivity contribution is -0.384. The van der Waals surface area contributed by atoms with Crippen molar-refractivity contribution in [2.75, 3.05) is 5.32 Å². The Morgan fingerprint density at radius 2 is 1.81 bits per heavy atom. The van der Waals surface area contributed by atoms with Gasteiger partial charge in [-0.2, -0.15) is 18.4 Å². The fraction of sp³-hybridized carbons (Fsp3) is 0.111. The molecule has 0 spiro atoms. The number of carbonyl (C=O) groups is 1. The molecule has 0 unspecified atom stereocenters. The van der Waals surface area contributed by atoms with E-state index in [4.69, 9.17) is 0 Å². The molecule has 0 saturated carbocycles. The summed E-state index contributed by atoms with van der Waals surface area (Å²) in [5.41, 5.74) is 1.67. The number of nitro groups is 1. The van der Waals surface area contributed by atoms with E-state index in [-0.39, 0.29) is 16.9 Å². The standard InChI is InChI=1S/C27H19F3N4O3/c1-17-24(13-19(15-31)26(35)32-21-6-4-5-20(14-21)27(28,29)30)23-7-2-3-8-25(23)33(17)16-18-9-11-22(12-10-18)34(36)37/h2-14H,16H2,1H3,(H,32,35)/b19-13-. The lowest BCUT2D eigenvalue weighted by Crippen LogP contribution is -2.14. The number of halogens is 3. The highest BCUT2D eigenvalue weighted by molar-refractivity contribution is 6.11. The molecular weight excluding hydrogens is 485 g/mol. The van der Waals surface area contributed by atoms with E-state index in [2.05, 4.69) is 5.32 Å². The van der Waals surface area contributed by atoms with E-state index in [9.17, 15) is 33.3 Å². The summed E-state index contributed by atoms with van der Waals surface area (Å²) in [6.07, 6.45) is -3.16. The fourth-order valence-electron chi connectivity index (χ4n) is 4.01. The van der Waals surface area contributed by atoms with Crippen molar-refractivity contribution in [3.05, 3.63) is 111 Å². The molecule has 186 valence electrons. The molecular formula is C27H19F3N4O3. The van der Waals surface area contributed by atoms with Crippen molar-refractivity contribution in [1.29, 1.82) is 5.26 Å². The van der Waals surface area contributed by atoms with Crippen molar-refractivity contribution in [1.82, 2.24) is 4.57 Å². The number of para-hydroxylation sites is 1. The van der Waals surface area contributed by atoms with Crippen LogP contribution in [0.15, 0.2) is 78.4 Å². The second-order valence-corrected chi connectivity index (χ2v) is 8.23. The smallest absolute Gasteiger partial charge is 0.340 e. The molecule has 0 aliphatic heterocycles. The van der Waals surface area contributed by atoms with Crippen LogP contribution in [0.25, 0.3) is 17.0 Å². The van der Waals surface area contributed by atoms with Crippen molar-refractivity contribution in [3.63, 3.8) is 0 Å². The maximum Gasteiger partial charge on any atom is 0.416 e. The number of amides is 1. The Kier molecular flexibility index (Phi) is 6.80. The van der Waals surface area contributed by atoms with Crippen molar-refractivity contribution < 1.29 is 22.9 Å². The average molecular weight is 504 g/mol. The largest absolute Gasteiger partial charge is 0.416 e. The van der Waals surface area contributed by atoms with Crippen LogP contribution in [0.2, 0.25) is 0 Å². The molecule has 0 aliphatic rings. The third kappa shape index (κ3) is 5.36. The first kappa shape index (κ1) is 25.2. The molecule has 0 radical (unpaired) electrons. The van der Waals surface area contributed by atoms with Gasteiger partial charge in [-0.25, -0.2) is 0 Å². The number of carbonyl (C=O) groups excluding carboxylic acids is 1. The van der Waals surface area contributed by atoms with Crippen molar-refractivity contribution in [3.8, 4) is 6.07 Å². The highest BCUT2D eigenvalue weighted by atomic mass is 19.4. The first-order valence-corrected chi connectivity index (χ1v) is 11.0. The van der Waals surface area contributed by atoms with Gasteiger partial charge in [0.2, 0.25) is 0 Å². The summed E-state index contributed by atoms with van der Waals surface area (Å²) < 4.78 is 41.0. The van der Waals surface area contributed by atoms with E-state index in [0.717, 1.165) is 34.3 Å². The van der Waals surface area contributed by atoms with Crippen LogP contribution < -0.4 is 5.32 Å². The highest BCUT2D eigenvalue weighted by Gasteiger charge is 2.30. The number of nitro benzene ring substituents is 1. The van der Waals surface area contributed by atoms with Gasteiger partial charge in [-0.05, 0) is 42.8 Å². The number of nitrogens with one attached hydrogen (secondary N) is 1. The van der Waals surface area contributed by atoms with Gasteiger partial charge in [-0.3, -0.25) is 14.9 Å². The summed E-state index contributed by atoms with van der Waals surface area (Å²) in [5, 5.41) is 23.8. The Morgan fingerprint density at radius 1 is 1.11 bits per heavy atom. The van der Waals surface area contributed by atoms with Crippen molar-refractivity contribution in [2.24, 2.45) is 0 Å². The topological polar surface area (TPSA) is 101 Å². The quantitative estimate of drug-likeness (QED) is 0.141. The molecule has 0 aliphatic carbocycles. The molecule has 4 aromatic rings. The average Bonchev–Trinajstić information content (AvgIpc) is 3.13. The van der Waals surface area contributed by atoms with Crippen molar-refractivity contribution in [2.45, 2.75) is 19.6 Å². The highest BCUT2D eigenvalue weighted by Crippen LogP contribution is 2.31. The Morgan fingerprint density at radius 3 is 2.46 bits per heavy atom. The molecule has 0 atom stereocenters. The number of rotatable bonds is 6. The molecule has 1 aromatic heterocycles. The van der Waals surface area contributed by atoms with E-state index in [1.54, 1.807) is 12.1 Å². The van der Waals surface area contributed by atoms with Gasteiger partial charge in [0.05, 0.1) is 10.5 Å². The predicted octanol–water partition coefficient (Wildman–Crippen LogP) is 6.47. The molecule has 0 bridgehead atoms. The zero-order chi connectivity index (χ0) is 26.7. The van der Waals surface area contributed by atoms with Gasteiger partial charge in [0.1, 0.15) is 11.6 Å². The molecule has 0 saturated heterocycles. The maximum atomic E-state index is 13.0. The van der Waals surface area contributed by atoms with Gasteiger partial charge in [0.25, 0.3) is 11.6 Å². The number of anilines is 1. The van der Waals surface area contributed by atoms with Gasteiger partial charge in [0.15, 0.2) is 0 Å². The third-order valence-electron chi connectivity index (χ3n) is 5.87. The lowest BCUT2D eigenvalue weighted by atomic mass is 10.1. The van der Waals surface area contributed by atoms with Crippen LogP contribution in [0.1, 0.15) is 22.4 Å². The first-order chi connectivity index (χ1) is 17.6. The number of hydrogen-bond acceptors (Lipinski definition) is 4. The van der Waals surface area contributed by atoms with Gasteiger partial charge in [-0.1, -0.05) is 36.4 Å². The van der Waals surface area contributed by atoms with Crippen molar-refractivity contribution >= 4 is 34.3 Å². The number of benzene rings is 3. The summed E-state index contributed by atoms with van der Waals surface area (Å²) in [6.45, 7) is 2.20. The molecule has 10 heteroatoms. The predicted molar refractivity (Wildman–Crippen MR) is 133 cm³/mol.